The third-order valence-corrected chi connectivity index (χ3v) is 3.24. The van der Waals surface area contributed by atoms with Crippen molar-refractivity contribution in [1.29, 1.82) is 0 Å². The van der Waals surface area contributed by atoms with Gasteiger partial charge in [-0.25, -0.2) is 0 Å². The molecule has 1 nitrogen and oxygen atoms in total. The summed E-state index contributed by atoms with van der Waals surface area (Å²) >= 11 is 1.63. The molecule has 0 radical (unpaired) electrons. The zero-order chi connectivity index (χ0) is 10.7. The average Bonchev–Trinajstić information content (AvgIpc) is 2.71. The normalized spacial score (nSPS) is 10.2. The molecule has 0 aliphatic rings. The molecular weight excluding hydrogens is 204 g/mol. The molecule has 0 spiro atoms. The molecule has 2 aromatic rings. The van der Waals surface area contributed by atoms with Crippen molar-refractivity contribution in [3.63, 3.8) is 0 Å². The van der Waals surface area contributed by atoms with Crippen LogP contribution in [-0.4, -0.2) is 5.78 Å². The minimum atomic E-state index is 0.204. The summed E-state index contributed by atoms with van der Waals surface area (Å²) in [5.41, 5.74) is 1.89. The summed E-state index contributed by atoms with van der Waals surface area (Å²) in [7, 11) is 0. The van der Waals surface area contributed by atoms with Crippen molar-refractivity contribution in [2.75, 3.05) is 0 Å². The quantitative estimate of drug-likeness (QED) is 0.718. The second-order valence-corrected chi connectivity index (χ2v) is 4.53. The van der Waals surface area contributed by atoms with Crippen LogP contribution in [-0.2, 0) is 6.42 Å². The molecule has 0 fully saturated rings. The van der Waals surface area contributed by atoms with Gasteiger partial charge < -0.3 is 0 Å². The number of carbonyl (C=O) groups excluding carboxylic acids is 1. The second-order valence-electron chi connectivity index (χ2n) is 3.49. The van der Waals surface area contributed by atoms with Gasteiger partial charge in [-0.05, 0) is 23.9 Å². The van der Waals surface area contributed by atoms with E-state index >= 15 is 0 Å². The Balaban J connectivity index is 2.19. The number of aryl methyl sites for hydroxylation is 1. The van der Waals surface area contributed by atoms with Crippen molar-refractivity contribution in [3.05, 3.63) is 57.8 Å². The summed E-state index contributed by atoms with van der Waals surface area (Å²) in [6.07, 6.45) is 0.516. The van der Waals surface area contributed by atoms with E-state index in [1.165, 1.54) is 0 Å². The van der Waals surface area contributed by atoms with Gasteiger partial charge in [-0.2, -0.15) is 0 Å². The van der Waals surface area contributed by atoms with Gasteiger partial charge in [-0.15, -0.1) is 11.3 Å². The van der Waals surface area contributed by atoms with Crippen LogP contribution in [0.3, 0.4) is 0 Å². The molecular formula is C13H12OS. The average molecular weight is 216 g/mol. The van der Waals surface area contributed by atoms with E-state index in [1.807, 2.05) is 48.7 Å². The molecule has 0 atom stereocenters. The molecule has 0 bridgehead atoms. The number of rotatable bonds is 3. The molecule has 76 valence electrons. The molecule has 15 heavy (non-hydrogen) atoms. The summed E-state index contributed by atoms with van der Waals surface area (Å²) in [5.74, 6) is 0.204. The lowest BCUT2D eigenvalue weighted by atomic mass is 10.0. The van der Waals surface area contributed by atoms with Crippen LogP contribution >= 0.6 is 11.3 Å². The van der Waals surface area contributed by atoms with Crippen molar-refractivity contribution in [1.82, 2.24) is 0 Å². The van der Waals surface area contributed by atoms with Gasteiger partial charge in [0.15, 0.2) is 5.78 Å². The Kier molecular flexibility index (Phi) is 2.97. The maximum atomic E-state index is 11.9. The third-order valence-electron chi connectivity index (χ3n) is 2.36. The van der Waals surface area contributed by atoms with Gasteiger partial charge in [-0.1, -0.05) is 30.3 Å². The zero-order valence-corrected chi connectivity index (χ0v) is 9.38. The number of hydrogen-bond acceptors (Lipinski definition) is 2. The van der Waals surface area contributed by atoms with Gasteiger partial charge in [0.25, 0.3) is 0 Å². The second kappa shape index (κ2) is 4.41. The molecule has 0 N–H and O–H groups in total. The number of thiophene rings is 1. The molecule has 1 aromatic carbocycles. The van der Waals surface area contributed by atoms with Crippen molar-refractivity contribution >= 4 is 17.1 Å². The van der Waals surface area contributed by atoms with E-state index in [9.17, 15) is 4.79 Å². The summed E-state index contributed by atoms with van der Waals surface area (Å²) < 4.78 is 0. The van der Waals surface area contributed by atoms with E-state index in [-0.39, 0.29) is 5.78 Å². The first kappa shape index (κ1) is 10.1. The Hall–Kier alpha value is -1.41. The van der Waals surface area contributed by atoms with Crippen molar-refractivity contribution in [2.24, 2.45) is 0 Å². The molecule has 1 aromatic heterocycles. The fourth-order valence-corrected chi connectivity index (χ4v) is 2.26. The van der Waals surface area contributed by atoms with Crippen molar-refractivity contribution in [2.45, 2.75) is 13.3 Å². The highest BCUT2D eigenvalue weighted by atomic mass is 32.1. The van der Waals surface area contributed by atoms with Gasteiger partial charge in [0.1, 0.15) is 0 Å². The van der Waals surface area contributed by atoms with Gasteiger partial charge in [0.05, 0.1) is 0 Å². The van der Waals surface area contributed by atoms with Crippen LogP contribution in [0.15, 0.2) is 41.8 Å². The lowest BCUT2D eigenvalue weighted by Gasteiger charge is -2.02. The molecule has 2 heteroatoms. The first-order valence-corrected chi connectivity index (χ1v) is 5.76. The van der Waals surface area contributed by atoms with Crippen molar-refractivity contribution in [3.8, 4) is 0 Å². The Labute approximate surface area is 93.4 Å². The summed E-state index contributed by atoms with van der Waals surface area (Å²) in [6.45, 7) is 1.97. The van der Waals surface area contributed by atoms with Crippen LogP contribution in [0.4, 0.5) is 0 Å². The standard InChI is InChI=1S/C13H12OS/c1-10-5-2-3-7-12(10)13(14)9-11-6-4-8-15-11/h2-8H,9H2,1H3. The highest BCUT2D eigenvalue weighted by Crippen LogP contribution is 2.14. The van der Waals surface area contributed by atoms with E-state index in [0.717, 1.165) is 16.0 Å². The Morgan fingerprint density at radius 2 is 2.00 bits per heavy atom. The summed E-state index contributed by atoms with van der Waals surface area (Å²) in [5, 5.41) is 2.00. The Bertz CT molecular complexity index is 457. The molecule has 1 heterocycles. The smallest absolute Gasteiger partial charge is 0.168 e. The van der Waals surface area contributed by atoms with Crippen LogP contribution in [0, 0.1) is 6.92 Å². The van der Waals surface area contributed by atoms with Gasteiger partial charge in [0, 0.05) is 16.9 Å². The van der Waals surface area contributed by atoms with Gasteiger partial charge >= 0.3 is 0 Å². The van der Waals surface area contributed by atoms with E-state index in [1.54, 1.807) is 11.3 Å². The lowest BCUT2D eigenvalue weighted by Crippen LogP contribution is -2.04. The summed E-state index contributed by atoms with van der Waals surface area (Å²) in [4.78, 5) is 13.1. The molecule has 0 saturated heterocycles. The van der Waals surface area contributed by atoms with Crippen LogP contribution in [0.5, 0.6) is 0 Å². The highest BCUT2D eigenvalue weighted by molar-refractivity contribution is 7.10. The largest absolute Gasteiger partial charge is 0.294 e. The van der Waals surface area contributed by atoms with E-state index in [4.69, 9.17) is 0 Å². The van der Waals surface area contributed by atoms with Gasteiger partial charge in [0.2, 0.25) is 0 Å². The minimum Gasteiger partial charge on any atom is -0.294 e. The van der Waals surface area contributed by atoms with E-state index in [0.29, 0.717) is 6.42 Å². The number of hydrogen-bond donors (Lipinski definition) is 0. The number of carbonyl (C=O) groups is 1. The molecule has 0 saturated carbocycles. The van der Waals surface area contributed by atoms with Crippen LogP contribution in [0.2, 0.25) is 0 Å². The SMILES string of the molecule is Cc1ccccc1C(=O)Cc1cccs1. The monoisotopic (exact) mass is 216 g/mol. The first-order chi connectivity index (χ1) is 7.27. The zero-order valence-electron chi connectivity index (χ0n) is 8.57. The fraction of sp³-hybridized carbons (Fsp3) is 0.154. The molecule has 0 amide bonds. The van der Waals surface area contributed by atoms with Crippen LogP contribution in [0.1, 0.15) is 20.8 Å². The topological polar surface area (TPSA) is 17.1 Å². The Morgan fingerprint density at radius 3 is 2.67 bits per heavy atom. The third kappa shape index (κ3) is 2.34. The molecule has 0 aliphatic carbocycles. The molecule has 0 unspecified atom stereocenters. The number of benzene rings is 1. The van der Waals surface area contributed by atoms with Crippen LogP contribution < -0.4 is 0 Å². The minimum absolute atomic E-state index is 0.204. The maximum Gasteiger partial charge on any atom is 0.168 e. The van der Waals surface area contributed by atoms with Crippen LogP contribution in [0.25, 0.3) is 0 Å². The highest BCUT2D eigenvalue weighted by Gasteiger charge is 2.09. The van der Waals surface area contributed by atoms with Gasteiger partial charge in [-0.3, -0.25) is 4.79 Å². The maximum absolute atomic E-state index is 11.9. The predicted molar refractivity (Wildman–Crippen MR) is 63.5 cm³/mol. The van der Waals surface area contributed by atoms with Crippen molar-refractivity contribution < 1.29 is 4.79 Å². The molecule has 0 aliphatic heterocycles. The summed E-state index contributed by atoms with van der Waals surface area (Å²) in [6, 6.07) is 11.7. The predicted octanol–water partition coefficient (Wildman–Crippen LogP) is 3.48. The molecule has 2 rings (SSSR count). The Morgan fingerprint density at radius 1 is 1.20 bits per heavy atom. The lowest BCUT2D eigenvalue weighted by molar-refractivity contribution is 0.0993. The number of ketones is 1. The fourth-order valence-electron chi connectivity index (χ4n) is 1.55. The first-order valence-electron chi connectivity index (χ1n) is 4.88. The number of Topliss-reactive ketones (excluding diaryl/α,β-unsaturated/α-hetero) is 1. The van der Waals surface area contributed by atoms with E-state index in [2.05, 4.69) is 0 Å². The van der Waals surface area contributed by atoms with E-state index < -0.39 is 0 Å².